The van der Waals surface area contributed by atoms with Gasteiger partial charge in [-0.2, -0.15) is 0 Å². The number of hydrogen-bond acceptors (Lipinski definition) is 5. The van der Waals surface area contributed by atoms with Gasteiger partial charge in [0.1, 0.15) is 0 Å². The van der Waals surface area contributed by atoms with Crippen LogP contribution in [0.5, 0.6) is 0 Å². The molecule has 6 nitrogen and oxygen atoms in total. The van der Waals surface area contributed by atoms with Crippen molar-refractivity contribution in [2.75, 3.05) is 32.9 Å². The van der Waals surface area contributed by atoms with E-state index in [0.29, 0.717) is 35.1 Å². The summed E-state index contributed by atoms with van der Waals surface area (Å²) in [6.07, 6.45) is 0.847. The molecule has 2 aromatic rings. The van der Waals surface area contributed by atoms with E-state index in [9.17, 15) is 9.59 Å². The maximum atomic E-state index is 12.9. The molecule has 0 aliphatic heterocycles. The van der Waals surface area contributed by atoms with Gasteiger partial charge in [-0.3, -0.25) is 14.2 Å². The first-order valence-electron chi connectivity index (χ1n) is 8.92. The molecule has 0 saturated heterocycles. The smallest absolute Gasteiger partial charge is 0.262 e. The van der Waals surface area contributed by atoms with E-state index in [4.69, 9.17) is 0 Å². The molecule has 1 aromatic carbocycles. The molecule has 1 aromatic heterocycles. The second-order valence-corrected chi connectivity index (χ2v) is 7.95. The molecule has 1 amide bonds. The van der Waals surface area contributed by atoms with Crippen LogP contribution in [0, 0.1) is 5.92 Å². The summed E-state index contributed by atoms with van der Waals surface area (Å²) in [5, 5.41) is 4.12. The molecule has 0 atom stereocenters. The molecule has 0 aliphatic rings. The summed E-state index contributed by atoms with van der Waals surface area (Å²) in [7, 11) is 4.02. The summed E-state index contributed by atoms with van der Waals surface area (Å²) in [6, 6.07) is 7.36. The van der Waals surface area contributed by atoms with Crippen molar-refractivity contribution in [3.8, 4) is 0 Å². The van der Waals surface area contributed by atoms with Crippen LogP contribution in [0.2, 0.25) is 0 Å². The van der Waals surface area contributed by atoms with Crippen LogP contribution in [-0.4, -0.2) is 53.3 Å². The standard InChI is InChI=1S/C19H28N4O2S/c1-14(2)12-20-17(24)13-26-19-21-16-9-6-5-8-15(16)18(25)23(19)11-7-10-22(3)4/h5-6,8-9,14H,7,10-13H2,1-4H3,(H,20,24). The Morgan fingerprint density at radius 2 is 2.04 bits per heavy atom. The third kappa shape index (κ3) is 5.85. The normalized spacial score (nSPS) is 11.5. The molecule has 0 aliphatic carbocycles. The molecule has 142 valence electrons. The number of aromatic nitrogens is 2. The van der Waals surface area contributed by atoms with Crippen molar-refractivity contribution in [3.05, 3.63) is 34.6 Å². The van der Waals surface area contributed by atoms with Gasteiger partial charge >= 0.3 is 0 Å². The zero-order chi connectivity index (χ0) is 19.1. The third-order valence-electron chi connectivity index (χ3n) is 3.85. The Kier molecular flexibility index (Phi) is 7.66. The van der Waals surface area contributed by atoms with Gasteiger partial charge in [0.05, 0.1) is 16.7 Å². The predicted octanol–water partition coefficient (Wildman–Crippen LogP) is 2.21. The second-order valence-electron chi connectivity index (χ2n) is 7.01. The first kappa shape index (κ1) is 20.5. The third-order valence-corrected chi connectivity index (χ3v) is 4.83. The van der Waals surface area contributed by atoms with Crippen LogP contribution < -0.4 is 10.9 Å². The summed E-state index contributed by atoms with van der Waals surface area (Å²) in [5.41, 5.74) is 0.630. The van der Waals surface area contributed by atoms with Gasteiger partial charge in [-0.05, 0) is 45.1 Å². The second kappa shape index (κ2) is 9.73. The number of hydrogen-bond donors (Lipinski definition) is 1. The van der Waals surface area contributed by atoms with Gasteiger partial charge in [-0.1, -0.05) is 37.7 Å². The number of carbonyl (C=O) groups excluding carboxylic acids is 1. The minimum absolute atomic E-state index is 0.0362. The highest BCUT2D eigenvalue weighted by Crippen LogP contribution is 2.18. The number of nitrogens with one attached hydrogen (secondary N) is 1. The number of fused-ring (bicyclic) bond motifs is 1. The molecule has 0 saturated carbocycles. The van der Waals surface area contributed by atoms with E-state index in [0.717, 1.165) is 13.0 Å². The Morgan fingerprint density at radius 3 is 2.73 bits per heavy atom. The Balaban J connectivity index is 2.21. The fourth-order valence-electron chi connectivity index (χ4n) is 2.50. The van der Waals surface area contributed by atoms with Gasteiger partial charge in [0.15, 0.2) is 5.16 Å². The maximum Gasteiger partial charge on any atom is 0.262 e. The molecular weight excluding hydrogens is 348 g/mol. The average molecular weight is 377 g/mol. The summed E-state index contributed by atoms with van der Waals surface area (Å²) < 4.78 is 1.70. The molecule has 0 spiro atoms. The summed E-state index contributed by atoms with van der Waals surface area (Å²) in [5.74, 6) is 0.628. The van der Waals surface area contributed by atoms with E-state index in [1.807, 2.05) is 32.3 Å². The van der Waals surface area contributed by atoms with Crippen LogP contribution in [0.15, 0.2) is 34.2 Å². The monoisotopic (exact) mass is 376 g/mol. The lowest BCUT2D eigenvalue weighted by molar-refractivity contribution is -0.118. The summed E-state index contributed by atoms with van der Waals surface area (Å²) in [6.45, 7) is 6.24. The number of thioether (sulfide) groups is 1. The first-order valence-corrected chi connectivity index (χ1v) is 9.91. The van der Waals surface area contributed by atoms with E-state index < -0.39 is 0 Å². The van der Waals surface area contributed by atoms with E-state index in [1.54, 1.807) is 10.6 Å². The summed E-state index contributed by atoms with van der Waals surface area (Å²) in [4.78, 5) is 31.6. The molecule has 26 heavy (non-hydrogen) atoms. The highest BCUT2D eigenvalue weighted by Gasteiger charge is 2.13. The molecule has 0 bridgehead atoms. The number of benzene rings is 1. The number of rotatable bonds is 9. The largest absolute Gasteiger partial charge is 0.355 e. The molecule has 0 radical (unpaired) electrons. The van der Waals surface area contributed by atoms with Crippen LogP contribution in [0.4, 0.5) is 0 Å². The average Bonchev–Trinajstić information content (AvgIpc) is 2.60. The lowest BCUT2D eigenvalue weighted by Gasteiger charge is -2.15. The van der Waals surface area contributed by atoms with Crippen LogP contribution in [-0.2, 0) is 11.3 Å². The van der Waals surface area contributed by atoms with Crippen molar-refractivity contribution >= 4 is 28.6 Å². The van der Waals surface area contributed by atoms with Crippen molar-refractivity contribution in [1.29, 1.82) is 0 Å². The topological polar surface area (TPSA) is 67.2 Å². The minimum Gasteiger partial charge on any atom is -0.355 e. The highest BCUT2D eigenvalue weighted by atomic mass is 32.2. The van der Waals surface area contributed by atoms with Gasteiger partial charge < -0.3 is 10.2 Å². The van der Waals surface area contributed by atoms with Crippen molar-refractivity contribution in [2.24, 2.45) is 5.92 Å². The highest BCUT2D eigenvalue weighted by molar-refractivity contribution is 7.99. The quantitative estimate of drug-likeness (QED) is 0.537. The van der Waals surface area contributed by atoms with Crippen LogP contribution in [0.1, 0.15) is 20.3 Å². The zero-order valence-electron chi connectivity index (χ0n) is 16.0. The fourth-order valence-corrected chi connectivity index (χ4v) is 3.35. The fraction of sp³-hybridized carbons (Fsp3) is 0.526. The Hall–Kier alpha value is -1.86. The Morgan fingerprint density at radius 1 is 1.31 bits per heavy atom. The molecule has 7 heteroatoms. The van der Waals surface area contributed by atoms with Crippen molar-refractivity contribution in [1.82, 2.24) is 19.8 Å². The lowest BCUT2D eigenvalue weighted by Crippen LogP contribution is -2.30. The molecule has 1 N–H and O–H groups in total. The van der Waals surface area contributed by atoms with E-state index >= 15 is 0 Å². The van der Waals surface area contributed by atoms with Gasteiger partial charge in [0.25, 0.3) is 5.56 Å². The van der Waals surface area contributed by atoms with Gasteiger partial charge in [-0.15, -0.1) is 0 Å². The molecule has 2 rings (SSSR count). The van der Waals surface area contributed by atoms with Crippen LogP contribution in [0.3, 0.4) is 0 Å². The van der Waals surface area contributed by atoms with E-state index in [2.05, 4.69) is 29.0 Å². The molecule has 0 fully saturated rings. The maximum absolute atomic E-state index is 12.9. The van der Waals surface area contributed by atoms with Crippen molar-refractivity contribution in [2.45, 2.75) is 32.0 Å². The molecule has 0 unspecified atom stereocenters. The lowest BCUT2D eigenvalue weighted by atomic mass is 10.2. The zero-order valence-corrected chi connectivity index (χ0v) is 16.8. The van der Waals surface area contributed by atoms with E-state index in [-0.39, 0.29) is 17.2 Å². The SMILES string of the molecule is CC(C)CNC(=O)CSc1nc2ccccc2c(=O)n1CCCN(C)C. The number of carbonyl (C=O) groups is 1. The first-order chi connectivity index (χ1) is 12.4. The van der Waals surface area contributed by atoms with E-state index in [1.165, 1.54) is 11.8 Å². The van der Waals surface area contributed by atoms with Crippen molar-refractivity contribution in [3.63, 3.8) is 0 Å². The van der Waals surface area contributed by atoms with Gasteiger partial charge in [0.2, 0.25) is 5.91 Å². The van der Waals surface area contributed by atoms with Gasteiger partial charge in [-0.25, -0.2) is 4.98 Å². The van der Waals surface area contributed by atoms with Gasteiger partial charge in [0, 0.05) is 13.1 Å². The number of para-hydroxylation sites is 1. The Labute approximate surface area is 159 Å². The number of amides is 1. The molecule has 1 heterocycles. The van der Waals surface area contributed by atoms with Crippen LogP contribution >= 0.6 is 11.8 Å². The van der Waals surface area contributed by atoms with Crippen molar-refractivity contribution < 1.29 is 4.79 Å². The van der Waals surface area contributed by atoms with Crippen LogP contribution in [0.25, 0.3) is 10.9 Å². The molecular formula is C19H28N4O2S. The summed E-state index contributed by atoms with van der Waals surface area (Å²) >= 11 is 1.32. The minimum atomic E-state index is -0.0422. The number of nitrogens with zero attached hydrogens (tertiary/aromatic N) is 3. The Bertz CT molecular complexity index is 802. The predicted molar refractivity (Wildman–Crippen MR) is 108 cm³/mol.